The molecule has 2 rings (SSSR count). The van der Waals surface area contributed by atoms with Crippen LogP contribution in [0.25, 0.3) is 0 Å². The Morgan fingerprint density at radius 3 is 1.33 bits per heavy atom. The third-order valence-electron chi connectivity index (χ3n) is 2.45. The van der Waals surface area contributed by atoms with Crippen molar-refractivity contribution >= 4 is 0 Å². The van der Waals surface area contributed by atoms with E-state index < -0.39 is 13.3 Å². The van der Waals surface area contributed by atoms with Crippen molar-refractivity contribution in [2.45, 2.75) is 41.0 Å². The number of alkyl halides is 2. The van der Waals surface area contributed by atoms with Crippen molar-refractivity contribution in [1.82, 2.24) is 0 Å². The minimum Gasteiger partial charge on any atom is -0.457 e. The fraction of sp³-hybridized carbons (Fsp3) is 0.333. The molecule has 0 fully saturated rings. The van der Waals surface area contributed by atoms with Crippen molar-refractivity contribution < 1.29 is 13.5 Å². The lowest BCUT2D eigenvalue weighted by Gasteiger charge is -2.11. The summed E-state index contributed by atoms with van der Waals surface area (Å²) in [5, 5.41) is 0. The lowest BCUT2D eigenvalue weighted by molar-refractivity contribution is 0.421. The first-order valence-corrected chi connectivity index (χ1v) is 7.30. The molecule has 0 aromatic heterocycles. The summed E-state index contributed by atoms with van der Waals surface area (Å²) in [6.07, 6.45) is 0. The van der Waals surface area contributed by atoms with Crippen LogP contribution in [-0.4, -0.2) is 0 Å². The van der Waals surface area contributed by atoms with Gasteiger partial charge in [0, 0.05) is 11.1 Å². The van der Waals surface area contributed by atoms with Gasteiger partial charge in [-0.15, -0.1) is 0 Å². The van der Waals surface area contributed by atoms with Crippen LogP contribution >= 0.6 is 0 Å². The summed E-state index contributed by atoms with van der Waals surface area (Å²) in [6.45, 7) is 6.79. The molecule has 0 N–H and O–H groups in total. The molecule has 0 saturated heterocycles. The van der Waals surface area contributed by atoms with Gasteiger partial charge >= 0.3 is 0 Å². The molecule has 0 unspecified atom stereocenters. The Morgan fingerprint density at radius 1 is 0.667 bits per heavy atom. The molecule has 2 aromatic carbocycles. The minimum absolute atomic E-state index is 0.427. The van der Waals surface area contributed by atoms with Crippen LogP contribution in [0.15, 0.2) is 48.5 Å². The first kappa shape index (κ1) is 19.1. The molecule has 0 heterocycles. The van der Waals surface area contributed by atoms with Crippen LogP contribution in [0.1, 0.15) is 38.8 Å². The van der Waals surface area contributed by atoms with E-state index in [2.05, 4.69) is 0 Å². The molecule has 0 atom stereocenters. The zero-order valence-corrected chi connectivity index (χ0v) is 13.2. The van der Waals surface area contributed by atoms with Gasteiger partial charge in [-0.25, -0.2) is 8.78 Å². The Hall–Kier alpha value is -1.90. The van der Waals surface area contributed by atoms with Gasteiger partial charge in [0.1, 0.15) is 24.8 Å². The van der Waals surface area contributed by atoms with E-state index in [0.29, 0.717) is 22.6 Å². The average molecular weight is 294 g/mol. The van der Waals surface area contributed by atoms with Crippen molar-refractivity contribution in [3.05, 3.63) is 59.7 Å². The summed E-state index contributed by atoms with van der Waals surface area (Å²) >= 11 is 0. The number of para-hydroxylation sites is 2. The smallest absolute Gasteiger partial charge is 0.133 e. The maximum atomic E-state index is 12.7. The average Bonchev–Trinajstić information content (AvgIpc) is 2.59. The molecule has 0 aliphatic heterocycles. The Labute approximate surface area is 126 Å². The third-order valence-corrected chi connectivity index (χ3v) is 2.45. The van der Waals surface area contributed by atoms with Crippen molar-refractivity contribution in [3.63, 3.8) is 0 Å². The maximum Gasteiger partial charge on any atom is 0.133 e. The maximum absolute atomic E-state index is 12.7. The van der Waals surface area contributed by atoms with Gasteiger partial charge in [0.25, 0.3) is 0 Å². The Morgan fingerprint density at radius 2 is 1.00 bits per heavy atom. The molecule has 21 heavy (non-hydrogen) atoms. The van der Waals surface area contributed by atoms with Gasteiger partial charge in [-0.1, -0.05) is 64.1 Å². The van der Waals surface area contributed by atoms with E-state index in [1.165, 1.54) is 0 Å². The molecule has 0 radical (unpaired) electrons. The molecule has 0 bridgehead atoms. The highest BCUT2D eigenvalue weighted by Gasteiger charge is 2.07. The van der Waals surface area contributed by atoms with Crippen LogP contribution < -0.4 is 4.74 Å². The summed E-state index contributed by atoms with van der Waals surface area (Å²) in [5.41, 5.74) is 0.919. The van der Waals surface area contributed by atoms with E-state index in [1.807, 2.05) is 27.7 Å². The van der Waals surface area contributed by atoms with Gasteiger partial charge in [0.2, 0.25) is 0 Å². The lowest BCUT2D eigenvalue weighted by Crippen LogP contribution is -1.92. The van der Waals surface area contributed by atoms with Gasteiger partial charge < -0.3 is 4.74 Å². The standard InChI is InChI=1S/C14H12F2O.2C2H6/c15-9-11-5-1-3-7-13(11)17-14-8-4-2-6-12(14)10-16;2*1-2/h1-8H,9-10H2;2*1-2H3. The SMILES string of the molecule is CC.CC.FCc1ccccc1Oc1ccccc1CF. The molecule has 1 nitrogen and oxygen atoms in total. The lowest BCUT2D eigenvalue weighted by atomic mass is 10.2. The molecule has 2 aromatic rings. The summed E-state index contributed by atoms with van der Waals surface area (Å²) in [7, 11) is 0. The summed E-state index contributed by atoms with van der Waals surface area (Å²) < 4.78 is 31.0. The summed E-state index contributed by atoms with van der Waals surface area (Å²) in [4.78, 5) is 0. The molecule has 0 amide bonds. The molecule has 0 aliphatic carbocycles. The summed E-state index contributed by atoms with van der Waals surface area (Å²) in [5.74, 6) is 0.854. The zero-order chi connectivity index (χ0) is 16.1. The van der Waals surface area contributed by atoms with Gasteiger partial charge in [-0.05, 0) is 12.1 Å². The highest BCUT2D eigenvalue weighted by atomic mass is 19.1. The predicted molar refractivity (Wildman–Crippen MR) is 85.3 cm³/mol. The van der Waals surface area contributed by atoms with Crippen molar-refractivity contribution in [2.24, 2.45) is 0 Å². The van der Waals surface area contributed by atoms with Gasteiger partial charge in [-0.2, -0.15) is 0 Å². The van der Waals surface area contributed by atoms with E-state index in [1.54, 1.807) is 48.5 Å². The van der Waals surface area contributed by atoms with E-state index >= 15 is 0 Å². The minimum atomic E-state index is -0.603. The topological polar surface area (TPSA) is 9.23 Å². The van der Waals surface area contributed by atoms with Crippen LogP contribution in [0.4, 0.5) is 8.78 Å². The van der Waals surface area contributed by atoms with Gasteiger partial charge in [0.05, 0.1) is 0 Å². The molecular weight excluding hydrogens is 270 g/mol. The number of hydrogen-bond donors (Lipinski definition) is 0. The second-order valence-corrected chi connectivity index (χ2v) is 3.58. The molecule has 0 aliphatic rings. The zero-order valence-electron chi connectivity index (χ0n) is 13.2. The van der Waals surface area contributed by atoms with Crippen LogP contribution in [0.2, 0.25) is 0 Å². The van der Waals surface area contributed by atoms with Crippen molar-refractivity contribution in [3.8, 4) is 11.5 Å². The number of rotatable bonds is 4. The molecule has 0 spiro atoms. The number of ether oxygens (including phenoxy) is 1. The molecule has 3 heteroatoms. The molecule has 0 saturated carbocycles. The van der Waals surface area contributed by atoms with Crippen LogP contribution in [-0.2, 0) is 13.3 Å². The fourth-order valence-electron chi connectivity index (χ4n) is 1.55. The fourth-order valence-corrected chi connectivity index (χ4v) is 1.55. The van der Waals surface area contributed by atoms with Gasteiger partial charge in [-0.3, -0.25) is 0 Å². The second-order valence-electron chi connectivity index (χ2n) is 3.58. The largest absolute Gasteiger partial charge is 0.457 e. The first-order valence-electron chi connectivity index (χ1n) is 7.30. The Bertz CT molecular complexity index is 453. The van der Waals surface area contributed by atoms with Crippen molar-refractivity contribution in [1.29, 1.82) is 0 Å². The quantitative estimate of drug-likeness (QED) is 0.628. The number of benzene rings is 2. The number of halogens is 2. The normalized spacial score (nSPS) is 8.86. The molecular formula is C18H24F2O. The second kappa shape index (κ2) is 11.9. The third kappa shape index (κ3) is 5.94. The summed E-state index contributed by atoms with van der Waals surface area (Å²) in [6, 6.07) is 13.6. The van der Waals surface area contributed by atoms with E-state index in [0.717, 1.165) is 0 Å². The van der Waals surface area contributed by atoms with E-state index in [-0.39, 0.29) is 0 Å². The first-order chi connectivity index (χ1) is 10.3. The van der Waals surface area contributed by atoms with E-state index in [9.17, 15) is 8.78 Å². The highest BCUT2D eigenvalue weighted by molar-refractivity contribution is 5.40. The van der Waals surface area contributed by atoms with E-state index in [4.69, 9.17) is 4.74 Å². The highest BCUT2D eigenvalue weighted by Crippen LogP contribution is 2.28. The Balaban J connectivity index is 0.000000921. The molecule has 116 valence electrons. The van der Waals surface area contributed by atoms with Crippen LogP contribution in [0.3, 0.4) is 0 Å². The van der Waals surface area contributed by atoms with Crippen LogP contribution in [0.5, 0.6) is 11.5 Å². The number of hydrogen-bond acceptors (Lipinski definition) is 1. The monoisotopic (exact) mass is 294 g/mol. The van der Waals surface area contributed by atoms with Crippen LogP contribution in [0, 0.1) is 0 Å². The Kier molecular flexibility index (Phi) is 10.8. The van der Waals surface area contributed by atoms with Gasteiger partial charge in [0.15, 0.2) is 0 Å². The van der Waals surface area contributed by atoms with Crippen molar-refractivity contribution in [2.75, 3.05) is 0 Å². The predicted octanol–water partition coefficient (Wildman–Crippen LogP) is 6.47.